The molecule has 150 valence electrons. The average Bonchev–Trinajstić information content (AvgIpc) is 2.74. The molecular formula is C23H30N2O3. The Morgan fingerprint density at radius 1 is 1.18 bits per heavy atom. The maximum absolute atomic E-state index is 12.7. The van der Waals surface area contributed by atoms with Gasteiger partial charge in [-0.15, -0.1) is 0 Å². The lowest BCUT2D eigenvalue weighted by molar-refractivity contribution is 0.0162. The van der Waals surface area contributed by atoms with E-state index in [0.717, 1.165) is 38.5 Å². The summed E-state index contributed by atoms with van der Waals surface area (Å²) in [5.41, 5.74) is 3.07. The molecule has 1 heterocycles. The Bertz CT molecular complexity index is 755. The molecule has 0 aromatic heterocycles. The first kappa shape index (κ1) is 20.4. The number of hydrogen-bond donors (Lipinski definition) is 1. The van der Waals surface area contributed by atoms with Crippen molar-refractivity contribution in [3.05, 3.63) is 65.2 Å². The number of carbonyl (C=O) groups is 1. The number of morpholine rings is 1. The van der Waals surface area contributed by atoms with Crippen LogP contribution in [-0.2, 0) is 4.74 Å². The number of rotatable bonds is 8. The minimum atomic E-state index is -0.0766. The monoisotopic (exact) mass is 382 g/mol. The summed E-state index contributed by atoms with van der Waals surface area (Å²) in [6, 6.07) is 16.1. The molecule has 1 atom stereocenters. The number of benzene rings is 2. The minimum Gasteiger partial charge on any atom is -0.494 e. The van der Waals surface area contributed by atoms with Crippen molar-refractivity contribution < 1.29 is 14.3 Å². The van der Waals surface area contributed by atoms with Crippen molar-refractivity contribution in [2.45, 2.75) is 26.3 Å². The summed E-state index contributed by atoms with van der Waals surface area (Å²) >= 11 is 0. The van der Waals surface area contributed by atoms with Gasteiger partial charge in [0.2, 0.25) is 0 Å². The van der Waals surface area contributed by atoms with E-state index in [9.17, 15) is 4.79 Å². The molecule has 1 amide bonds. The predicted molar refractivity (Wildman–Crippen MR) is 111 cm³/mol. The number of ether oxygens (including phenoxy) is 2. The van der Waals surface area contributed by atoms with Crippen molar-refractivity contribution in [2.24, 2.45) is 0 Å². The molecule has 1 saturated heterocycles. The van der Waals surface area contributed by atoms with E-state index in [4.69, 9.17) is 9.47 Å². The van der Waals surface area contributed by atoms with Gasteiger partial charge in [0.05, 0.1) is 25.9 Å². The van der Waals surface area contributed by atoms with E-state index in [-0.39, 0.29) is 11.9 Å². The molecule has 5 heteroatoms. The van der Waals surface area contributed by atoms with Crippen LogP contribution in [-0.4, -0.2) is 50.3 Å². The Morgan fingerprint density at radius 2 is 1.93 bits per heavy atom. The third-order valence-corrected chi connectivity index (χ3v) is 4.97. The van der Waals surface area contributed by atoms with Crippen LogP contribution in [0.4, 0.5) is 0 Å². The first-order valence-electron chi connectivity index (χ1n) is 10.1. The Labute approximate surface area is 167 Å². The van der Waals surface area contributed by atoms with Crippen molar-refractivity contribution >= 4 is 5.91 Å². The molecule has 0 saturated carbocycles. The van der Waals surface area contributed by atoms with E-state index in [0.29, 0.717) is 18.7 Å². The van der Waals surface area contributed by atoms with E-state index in [2.05, 4.69) is 48.3 Å². The molecular weight excluding hydrogens is 352 g/mol. The predicted octanol–water partition coefficient (Wildman–Crippen LogP) is 3.59. The molecule has 0 aliphatic carbocycles. The summed E-state index contributed by atoms with van der Waals surface area (Å²) in [5, 5.41) is 3.12. The van der Waals surface area contributed by atoms with Crippen LogP contribution in [0.1, 0.15) is 40.9 Å². The fourth-order valence-corrected chi connectivity index (χ4v) is 3.37. The maximum atomic E-state index is 12.7. The van der Waals surface area contributed by atoms with Crippen LogP contribution in [0.3, 0.4) is 0 Å². The van der Waals surface area contributed by atoms with Gasteiger partial charge in [0.1, 0.15) is 5.75 Å². The smallest absolute Gasteiger partial charge is 0.251 e. The number of aryl methyl sites for hydroxylation is 1. The first-order valence-corrected chi connectivity index (χ1v) is 10.1. The Morgan fingerprint density at radius 3 is 2.64 bits per heavy atom. The quantitative estimate of drug-likeness (QED) is 0.758. The van der Waals surface area contributed by atoms with Gasteiger partial charge in [-0.05, 0) is 37.1 Å². The van der Waals surface area contributed by atoms with Gasteiger partial charge in [0.25, 0.3) is 5.91 Å². The number of nitrogens with one attached hydrogen (secondary N) is 1. The van der Waals surface area contributed by atoms with Crippen molar-refractivity contribution in [1.82, 2.24) is 10.2 Å². The van der Waals surface area contributed by atoms with Crippen molar-refractivity contribution in [1.29, 1.82) is 0 Å². The lowest BCUT2D eigenvalue weighted by Gasteiger charge is -2.35. The fourth-order valence-electron chi connectivity index (χ4n) is 3.37. The highest BCUT2D eigenvalue weighted by Gasteiger charge is 2.23. The third-order valence-electron chi connectivity index (χ3n) is 4.97. The van der Waals surface area contributed by atoms with E-state index in [1.807, 2.05) is 18.2 Å². The molecule has 2 aromatic carbocycles. The van der Waals surface area contributed by atoms with Crippen molar-refractivity contribution in [3.63, 3.8) is 0 Å². The average molecular weight is 383 g/mol. The molecule has 5 nitrogen and oxygen atoms in total. The van der Waals surface area contributed by atoms with Crippen LogP contribution in [0.2, 0.25) is 0 Å². The van der Waals surface area contributed by atoms with E-state index in [1.54, 1.807) is 6.07 Å². The van der Waals surface area contributed by atoms with Gasteiger partial charge in [-0.3, -0.25) is 9.69 Å². The lowest BCUT2D eigenvalue weighted by atomic mass is 10.0. The first-order chi connectivity index (χ1) is 13.7. The zero-order chi connectivity index (χ0) is 19.8. The van der Waals surface area contributed by atoms with Crippen LogP contribution < -0.4 is 10.1 Å². The molecule has 1 unspecified atom stereocenters. The van der Waals surface area contributed by atoms with Crippen LogP contribution in [0.5, 0.6) is 5.75 Å². The van der Waals surface area contributed by atoms with E-state index in [1.165, 1.54) is 11.1 Å². The topological polar surface area (TPSA) is 50.8 Å². The van der Waals surface area contributed by atoms with Gasteiger partial charge in [-0.1, -0.05) is 42.8 Å². The van der Waals surface area contributed by atoms with Gasteiger partial charge in [-0.2, -0.15) is 0 Å². The molecule has 0 bridgehead atoms. The summed E-state index contributed by atoms with van der Waals surface area (Å²) < 4.78 is 11.1. The van der Waals surface area contributed by atoms with E-state index >= 15 is 0 Å². The highest BCUT2D eigenvalue weighted by Crippen LogP contribution is 2.22. The normalized spacial score (nSPS) is 15.8. The molecule has 1 aliphatic rings. The van der Waals surface area contributed by atoms with Crippen LogP contribution >= 0.6 is 0 Å². The van der Waals surface area contributed by atoms with Crippen LogP contribution in [0.15, 0.2) is 48.5 Å². The number of amides is 1. The molecule has 0 radical (unpaired) electrons. The second-order valence-corrected chi connectivity index (χ2v) is 7.16. The van der Waals surface area contributed by atoms with Crippen molar-refractivity contribution in [2.75, 3.05) is 39.5 Å². The molecule has 1 N–H and O–H groups in total. The highest BCUT2D eigenvalue weighted by atomic mass is 16.5. The second-order valence-electron chi connectivity index (χ2n) is 7.16. The van der Waals surface area contributed by atoms with Gasteiger partial charge in [0.15, 0.2) is 0 Å². The summed E-state index contributed by atoms with van der Waals surface area (Å²) in [7, 11) is 0. The van der Waals surface area contributed by atoms with Crippen molar-refractivity contribution in [3.8, 4) is 5.75 Å². The fraction of sp³-hybridized carbons (Fsp3) is 0.435. The Kier molecular flexibility index (Phi) is 7.46. The standard InChI is InChI=1S/C23H30N2O3/c1-3-13-28-21-6-4-5-20(16-21)23(26)24-17-22(25-11-14-27-15-12-25)19-9-7-18(2)8-10-19/h4-10,16,22H,3,11-15,17H2,1-2H3,(H,24,26). The molecule has 0 spiro atoms. The number of nitrogens with zero attached hydrogens (tertiary/aromatic N) is 1. The Balaban J connectivity index is 1.68. The highest BCUT2D eigenvalue weighted by molar-refractivity contribution is 5.94. The molecule has 1 aliphatic heterocycles. The van der Waals surface area contributed by atoms with Gasteiger partial charge < -0.3 is 14.8 Å². The molecule has 3 rings (SSSR count). The maximum Gasteiger partial charge on any atom is 0.251 e. The molecule has 1 fully saturated rings. The van der Waals surface area contributed by atoms with E-state index < -0.39 is 0 Å². The summed E-state index contributed by atoms with van der Waals surface area (Å²) in [6.07, 6.45) is 0.939. The second kappa shape index (κ2) is 10.2. The summed E-state index contributed by atoms with van der Waals surface area (Å²) in [5.74, 6) is 0.657. The largest absolute Gasteiger partial charge is 0.494 e. The van der Waals surface area contributed by atoms with Crippen LogP contribution in [0.25, 0.3) is 0 Å². The Hall–Kier alpha value is -2.37. The van der Waals surface area contributed by atoms with Gasteiger partial charge in [-0.25, -0.2) is 0 Å². The molecule has 2 aromatic rings. The number of hydrogen-bond acceptors (Lipinski definition) is 4. The zero-order valence-electron chi connectivity index (χ0n) is 16.8. The number of carbonyl (C=O) groups excluding carboxylic acids is 1. The minimum absolute atomic E-state index is 0.0766. The van der Waals surface area contributed by atoms with Crippen LogP contribution in [0, 0.1) is 6.92 Å². The third kappa shape index (κ3) is 5.57. The zero-order valence-corrected chi connectivity index (χ0v) is 16.8. The van der Waals surface area contributed by atoms with Gasteiger partial charge >= 0.3 is 0 Å². The lowest BCUT2D eigenvalue weighted by Crippen LogP contribution is -2.43. The summed E-state index contributed by atoms with van der Waals surface area (Å²) in [4.78, 5) is 15.1. The molecule has 28 heavy (non-hydrogen) atoms. The summed E-state index contributed by atoms with van der Waals surface area (Å²) in [6.45, 7) is 8.56. The SMILES string of the molecule is CCCOc1cccc(C(=O)NCC(c2ccc(C)cc2)N2CCOCC2)c1. The van der Waals surface area contributed by atoms with Gasteiger partial charge in [0, 0.05) is 25.2 Å².